The fourth-order valence-corrected chi connectivity index (χ4v) is 1.71. The van der Waals surface area contributed by atoms with Crippen molar-refractivity contribution in [3.8, 4) is 5.75 Å². The molecule has 0 atom stereocenters. The summed E-state index contributed by atoms with van der Waals surface area (Å²) in [6, 6.07) is 3.88. The van der Waals surface area contributed by atoms with Crippen molar-refractivity contribution in [3.63, 3.8) is 0 Å². The summed E-state index contributed by atoms with van der Waals surface area (Å²) in [6.07, 6.45) is 0. The second kappa shape index (κ2) is 3.19. The summed E-state index contributed by atoms with van der Waals surface area (Å²) in [6.45, 7) is 0. The van der Waals surface area contributed by atoms with E-state index in [-0.39, 0.29) is 16.4 Å². The molecule has 0 aliphatic heterocycles. The monoisotopic (exact) mass is 230 g/mol. The average molecular weight is 231 g/mol. The Kier molecular flexibility index (Phi) is 2.13. The number of benzene rings is 1. The van der Waals surface area contributed by atoms with Crippen LogP contribution in [0.5, 0.6) is 5.75 Å². The number of hydrogen-bond donors (Lipinski definition) is 1. The van der Waals surface area contributed by atoms with Gasteiger partial charge in [-0.3, -0.25) is 0 Å². The minimum atomic E-state index is -0.653. The molecule has 1 N–H and O–H groups in total. The van der Waals surface area contributed by atoms with E-state index in [1.165, 1.54) is 12.1 Å². The second-order valence-electron chi connectivity index (χ2n) is 2.71. The largest absolute Gasteiger partial charge is 0.507 e. The molecule has 5 heteroatoms. The zero-order valence-corrected chi connectivity index (χ0v) is 8.26. The minimum absolute atomic E-state index is 0.140. The first-order valence-electron chi connectivity index (χ1n) is 3.70. The molecule has 0 saturated carbocycles. The van der Waals surface area contributed by atoms with E-state index in [1.54, 1.807) is 0 Å². The van der Waals surface area contributed by atoms with E-state index in [1.807, 2.05) is 0 Å². The summed E-state index contributed by atoms with van der Waals surface area (Å²) in [7, 11) is 0. The van der Waals surface area contributed by atoms with Gasteiger partial charge < -0.3 is 9.52 Å². The van der Waals surface area contributed by atoms with Crippen molar-refractivity contribution in [1.29, 1.82) is 0 Å². The van der Waals surface area contributed by atoms with Gasteiger partial charge in [0.15, 0.2) is 5.58 Å². The Labute approximate surface area is 88.5 Å². The lowest BCUT2D eigenvalue weighted by molar-refractivity contribution is 0.468. The van der Waals surface area contributed by atoms with Gasteiger partial charge in [0.2, 0.25) is 0 Å². The highest BCUT2D eigenvalue weighted by molar-refractivity contribution is 6.38. The van der Waals surface area contributed by atoms with E-state index in [0.717, 1.165) is 6.07 Å². The zero-order valence-electron chi connectivity index (χ0n) is 6.75. The molecule has 0 aliphatic rings. The van der Waals surface area contributed by atoms with Crippen LogP contribution in [0, 0.1) is 0 Å². The molecule has 0 radical (unpaired) electrons. The molecule has 0 bridgehead atoms. The van der Waals surface area contributed by atoms with Crippen LogP contribution in [-0.4, -0.2) is 5.11 Å². The Bertz CT molecular complexity index is 560. The van der Waals surface area contributed by atoms with Crippen molar-refractivity contribution in [2.24, 2.45) is 0 Å². The van der Waals surface area contributed by atoms with Gasteiger partial charge in [0.25, 0.3) is 0 Å². The molecule has 1 aromatic carbocycles. The SMILES string of the molecule is O=c1cc(O)c2cc(Cl)cc(Cl)c2o1. The van der Waals surface area contributed by atoms with Gasteiger partial charge in [-0.25, -0.2) is 4.79 Å². The molecule has 1 heterocycles. The summed E-state index contributed by atoms with van der Waals surface area (Å²) in [4.78, 5) is 10.9. The van der Waals surface area contributed by atoms with E-state index in [0.29, 0.717) is 10.4 Å². The first-order valence-corrected chi connectivity index (χ1v) is 4.45. The van der Waals surface area contributed by atoms with Crippen LogP contribution in [0.1, 0.15) is 0 Å². The van der Waals surface area contributed by atoms with Crippen LogP contribution in [0.15, 0.2) is 27.4 Å². The van der Waals surface area contributed by atoms with Gasteiger partial charge in [-0.2, -0.15) is 0 Å². The average Bonchev–Trinajstić information content (AvgIpc) is 2.07. The molecule has 0 fully saturated rings. The molecule has 0 unspecified atom stereocenters. The minimum Gasteiger partial charge on any atom is -0.507 e. The van der Waals surface area contributed by atoms with Crippen LogP contribution < -0.4 is 5.63 Å². The molecule has 1 aromatic heterocycles. The molecule has 0 amide bonds. The van der Waals surface area contributed by atoms with Gasteiger partial charge in [0, 0.05) is 5.02 Å². The van der Waals surface area contributed by atoms with Crippen LogP contribution in [0.2, 0.25) is 10.0 Å². The Morgan fingerprint density at radius 2 is 1.93 bits per heavy atom. The van der Waals surface area contributed by atoms with Gasteiger partial charge in [0.05, 0.1) is 16.5 Å². The number of halogens is 2. The summed E-state index contributed by atoms with van der Waals surface area (Å²) < 4.78 is 4.82. The molecule has 2 aromatic rings. The van der Waals surface area contributed by atoms with E-state index in [9.17, 15) is 9.90 Å². The van der Waals surface area contributed by atoms with E-state index in [4.69, 9.17) is 27.6 Å². The maximum Gasteiger partial charge on any atom is 0.339 e. The Balaban J connectivity index is 3.01. The first kappa shape index (κ1) is 9.37. The second-order valence-corrected chi connectivity index (χ2v) is 3.56. The van der Waals surface area contributed by atoms with Gasteiger partial charge in [-0.1, -0.05) is 23.2 Å². The fraction of sp³-hybridized carbons (Fsp3) is 0. The van der Waals surface area contributed by atoms with Crippen molar-refractivity contribution in [3.05, 3.63) is 38.7 Å². The standard InChI is InChI=1S/C9H4Cl2O3/c10-4-1-5-7(12)3-8(13)14-9(5)6(11)2-4/h1-3,12H. The van der Waals surface area contributed by atoms with Crippen LogP contribution in [-0.2, 0) is 0 Å². The topological polar surface area (TPSA) is 50.4 Å². The highest BCUT2D eigenvalue weighted by Gasteiger charge is 2.08. The van der Waals surface area contributed by atoms with Crippen molar-refractivity contribution >= 4 is 34.2 Å². The quantitative estimate of drug-likeness (QED) is 0.709. The maximum atomic E-state index is 10.9. The summed E-state index contributed by atoms with van der Waals surface area (Å²) >= 11 is 11.5. The maximum absolute atomic E-state index is 10.9. The molecule has 0 spiro atoms. The molecule has 72 valence electrons. The van der Waals surface area contributed by atoms with Crippen molar-refractivity contribution in [2.45, 2.75) is 0 Å². The number of fused-ring (bicyclic) bond motifs is 1. The van der Waals surface area contributed by atoms with Crippen molar-refractivity contribution in [2.75, 3.05) is 0 Å². The first-order chi connectivity index (χ1) is 6.58. The smallest absolute Gasteiger partial charge is 0.339 e. The molecular weight excluding hydrogens is 227 g/mol. The van der Waals surface area contributed by atoms with Gasteiger partial charge >= 0.3 is 5.63 Å². The predicted molar refractivity (Wildman–Crippen MR) is 54.2 cm³/mol. The predicted octanol–water partition coefficient (Wildman–Crippen LogP) is 2.81. The third-order valence-electron chi connectivity index (χ3n) is 1.74. The summed E-state index contributed by atoms with van der Waals surface area (Å²) in [5, 5.41) is 10.3. The van der Waals surface area contributed by atoms with Gasteiger partial charge in [-0.15, -0.1) is 0 Å². The fourth-order valence-electron chi connectivity index (χ4n) is 1.17. The lowest BCUT2D eigenvalue weighted by Gasteiger charge is -2.01. The molecule has 14 heavy (non-hydrogen) atoms. The molecule has 3 nitrogen and oxygen atoms in total. The zero-order chi connectivity index (χ0) is 10.3. The molecule has 0 saturated heterocycles. The van der Waals surface area contributed by atoms with Crippen LogP contribution >= 0.6 is 23.2 Å². The van der Waals surface area contributed by atoms with Crippen molar-refractivity contribution in [1.82, 2.24) is 0 Å². The van der Waals surface area contributed by atoms with Crippen LogP contribution in [0.4, 0.5) is 0 Å². The normalized spacial score (nSPS) is 10.7. The lowest BCUT2D eigenvalue weighted by Crippen LogP contribution is -1.95. The summed E-state index contributed by atoms with van der Waals surface area (Å²) in [5.41, 5.74) is -0.514. The van der Waals surface area contributed by atoms with E-state index in [2.05, 4.69) is 0 Å². The Hall–Kier alpha value is -1.19. The van der Waals surface area contributed by atoms with E-state index < -0.39 is 5.63 Å². The molecular formula is C9H4Cl2O3. The van der Waals surface area contributed by atoms with Crippen molar-refractivity contribution < 1.29 is 9.52 Å². The summed E-state index contributed by atoms with van der Waals surface area (Å²) in [5.74, 6) is -0.194. The Morgan fingerprint density at radius 1 is 1.21 bits per heavy atom. The van der Waals surface area contributed by atoms with Crippen LogP contribution in [0.25, 0.3) is 11.0 Å². The third-order valence-corrected chi connectivity index (χ3v) is 2.24. The molecule has 0 aliphatic carbocycles. The lowest BCUT2D eigenvalue weighted by atomic mass is 10.2. The highest BCUT2D eigenvalue weighted by atomic mass is 35.5. The van der Waals surface area contributed by atoms with Gasteiger partial charge in [0.1, 0.15) is 5.75 Å². The van der Waals surface area contributed by atoms with Crippen LogP contribution in [0.3, 0.4) is 0 Å². The Morgan fingerprint density at radius 3 is 2.64 bits per heavy atom. The number of aromatic hydroxyl groups is 1. The van der Waals surface area contributed by atoms with Gasteiger partial charge in [-0.05, 0) is 12.1 Å². The number of hydrogen-bond acceptors (Lipinski definition) is 3. The molecule has 2 rings (SSSR count). The third kappa shape index (κ3) is 1.45. The van der Waals surface area contributed by atoms with E-state index >= 15 is 0 Å². The number of rotatable bonds is 0. The highest BCUT2D eigenvalue weighted by Crippen LogP contribution is 2.31.